The van der Waals surface area contributed by atoms with Crippen molar-refractivity contribution >= 4 is 22.2 Å². The molecule has 0 radical (unpaired) electrons. The first-order valence-corrected chi connectivity index (χ1v) is 5.38. The average molecular weight is 235 g/mol. The summed E-state index contributed by atoms with van der Waals surface area (Å²) in [6.45, 7) is 1.77. The van der Waals surface area contributed by atoms with E-state index in [1.54, 1.807) is 18.5 Å². The molecular weight excluding hydrogens is 226 g/mol. The molecule has 2 N–H and O–H groups in total. The molecule has 0 amide bonds. The largest absolute Gasteiger partial charge is 0.505 e. The van der Waals surface area contributed by atoms with E-state index in [-0.39, 0.29) is 17.2 Å². The number of azo groups is 1. The molecule has 1 heterocycles. The van der Waals surface area contributed by atoms with Gasteiger partial charge in [-0.25, -0.2) is 4.98 Å². The Bertz CT molecular complexity index is 500. The van der Waals surface area contributed by atoms with Crippen LogP contribution in [0.25, 0.3) is 0 Å². The predicted molar refractivity (Wildman–Crippen MR) is 60.8 cm³/mol. The van der Waals surface area contributed by atoms with Crippen molar-refractivity contribution in [2.75, 3.05) is 0 Å². The highest BCUT2D eigenvalue weighted by atomic mass is 32.1. The highest BCUT2D eigenvalue weighted by Crippen LogP contribution is 2.37. The van der Waals surface area contributed by atoms with Gasteiger partial charge in [-0.2, -0.15) is 0 Å². The first kappa shape index (κ1) is 10.6. The van der Waals surface area contributed by atoms with Gasteiger partial charge in [-0.05, 0) is 24.6 Å². The fraction of sp³-hybridized carbons (Fsp3) is 0.100. The molecule has 0 fully saturated rings. The summed E-state index contributed by atoms with van der Waals surface area (Å²) in [5.74, 6) is -0.199. The average Bonchev–Trinajstić information content (AvgIpc) is 2.68. The fourth-order valence-corrected chi connectivity index (χ4v) is 1.65. The second kappa shape index (κ2) is 4.28. The maximum atomic E-state index is 9.57. The molecule has 2 rings (SSSR count). The standard InChI is InChI=1S/C10H9N3O2S/c1-6-4-7(14)9(8(15)5-6)12-13-10-11-2-3-16-10/h2-5,14-15H,1H3. The minimum absolute atomic E-state index is 0.0563. The van der Waals surface area contributed by atoms with Crippen molar-refractivity contribution in [2.24, 2.45) is 10.2 Å². The van der Waals surface area contributed by atoms with Crippen molar-refractivity contribution < 1.29 is 10.2 Å². The van der Waals surface area contributed by atoms with Gasteiger partial charge in [-0.1, -0.05) is 0 Å². The lowest BCUT2D eigenvalue weighted by Crippen LogP contribution is -1.74. The van der Waals surface area contributed by atoms with E-state index < -0.39 is 0 Å². The van der Waals surface area contributed by atoms with Crippen LogP contribution in [-0.2, 0) is 0 Å². The number of benzene rings is 1. The Hall–Kier alpha value is -1.95. The first-order valence-electron chi connectivity index (χ1n) is 4.50. The molecule has 5 nitrogen and oxygen atoms in total. The zero-order valence-electron chi connectivity index (χ0n) is 8.45. The Morgan fingerprint density at radius 1 is 1.19 bits per heavy atom. The maximum absolute atomic E-state index is 9.57. The van der Waals surface area contributed by atoms with Crippen LogP contribution in [0.3, 0.4) is 0 Å². The second-order valence-electron chi connectivity index (χ2n) is 3.17. The van der Waals surface area contributed by atoms with Gasteiger partial charge in [-0.15, -0.1) is 21.6 Å². The minimum Gasteiger partial charge on any atom is -0.505 e. The van der Waals surface area contributed by atoms with E-state index in [0.717, 1.165) is 5.56 Å². The number of hydrogen-bond donors (Lipinski definition) is 2. The quantitative estimate of drug-likeness (QED) is 0.784. The molecule has 0 aliphatic heterocycles. The summed E-state index contributed by atoms with van der Waals surface area (Å²) in [6, 6.07) is 3.02. The number of aromatic hydroxyl groups is 2. The van der Waals surface area contributed by atoms with Gasteiger partial charge in [0.05, 0.1) is 0 Å². The van der Waals surface area contributed by atoms with Gasteiger partial charge in [-0.3, -0.25) is 0 Å². The van der Waals surface area contributed by atoms with Crippen molar-refractivity contribution in [3.05, 3.63) is 29.3 Å². The van der Waals surface area contributed by atoms with Crippen molar-refractivity contribution in [3.63, 3.8) is 0 Å². The lowest BCUT2D eigenvalue weighted by molar-refractivity contribution is 0.452. The zero-order chi connectivity index (χ0) is 11.5. The smallest absolute Gasteiger partial charge is 0.229 e. The Balaban J connectivity index is 2.35. The van der Waals surface area contributed by atoms with E-state index in [2.05, 4.69) is 15.2 Å². The Labute approximate surface area is 95.7 Å². The van der Waals surface area contributed by atoms with Gasteiger partial charge in [0.15, 0.2) is 5.69 Å². The van der Waals surface area contributed by atoms with Crippen LogP contribution < -0.4 is 0 Å². The topological polar surface area (TPSA) is 78.1 Å². The summed E-state index contributed by atoms with van der Waals surface area (Å²) in [4.78, 5) is 3.90. The zero-order valence-corrected chi connectivity index (χ0v) is 9.27. The van der Waals surface area contributed by atoms with Crippen molar-refractivity contribution in [1.29, 1.82) is 0 Å². The van der Waals surface area contributed by atoms with E-state index in [9.17, 15) is 10.2 Å². The number of phenols is 2. The molecule has 0 aliphatic carbocycles. The van der Waals surface area contributed by atoms with E-state index in [1.807, 2.05) is 0 Å². The molecule has 0 unspecified atom stereocenters. The molecule has 1 aromatic carbocycles. The number of hydrogen-bond acceptors (Lipinski definition) is 6. The summed E-state index contributed by atoms with van der Waals surface area (Å²) in [6.07, 6.45) is 1.61. The lowest BCUT2D eigenvalue weighted by Gasteiger charge is -2.01. The minimum atomic E-state index is -0.0993. The lowest BCUT2D eigenvalue weighted by atomic mass is 10.2. The molecule has 1 aromatic heterocycles. The summed E-state index contributed by atoms with van der Waals surface area (Å²) in [5.41, 5.74) is 0.809. The van der Waals surface area contributed by atoms with E-state index in [4.69, 9.17) is 0 Å². The molecule has 2 aromatic rings. The van der Waals surface area contributed by atoms with E-state index in [1.165, 1.54) is 23.5 Å². The normalized spacial score (nSPS) is 11.1. The third-order valence-corrected chi connectivity index (χ3v) is 2.52. The van der Waals surface area contributed by atoms with Gasteiger partial charge in [0, 0.05) is 11.6 Å². The number of nitrogens with zero attached hydrogens (tertiary/aromatic N) is 3. The van der Waals surface area contributed by atoms with Crippen molar-refractivity contribution in [1.82, 2.24) is 4.98 Å². The molecule has 6 heteroatoms. The molecule has 16 heavy (non-hydrogen) atoms. The first-order chi connectivity index (χ1) is 7.66. The van der Waals surface area contributed by atoms with Crippen LogP contribution >= 0.6 is 11.3 Å². The van der Waals surface area contributed by atoms with E-state index in [0.29, 0.717) is 5.13 Å². The highest BCUT2D eigenvalue weighted by molar-refractivity contribution is 7.13. The number of rotatable bonds is 2. The Morgan fingerprint density at radius 3 is 2.44 bits per heavy atom. The van der Waals surface area contributed by atoms with Crippen LogP contribution in [0.1, 0.15) is 5.56 Å². The van der Waals surface area contributed by atoms with Crippen molar-refractivity contribution in [2.45, 2.75) is 6.92 Å². The molecule has 0 saturated carbocycles. The monoisotopic (exact) mass is 235 g/mol. The predicted octanol–water partition coefficient (Wildman–Crippen LogP) is 3.28. The Kier molecular flexibility index (Phi) is 2.82. The van der Waals surface area contributed by atoms with Gasteiger partial charge < -0.3 is 10.2 Å². The van der Waals surface area contributed by atoms with E-state index >= 15 is 0 Å². The summed E-state index contributed by atoms with van der Waals surface area (Å²) in [5, 5.41) is 28.9. The highest BCUT2D eigenvalue weighted by Gasteiger charge is 2.07. The second-order valence-corrected chi connectivity index (χ2v) is 4.04. The van der Waals surface area contributed by atoms with Gasteiger partial charge in [0.25, 0.3) is 0 Å². The van der Waals surface area contributed by atoms with Crippen molar-refractivity contribution in [3.8, 4) is 11.5 Å². The molecule has 0 spiro atoms. The third kappa shape index (κ3) is 2.17. The molecule has 0 saturated heterocycles. The number of phenolic OH excluding ortho intramolecular Hbond substituents is 2. The van der Waals surface area contributed by atoms with Crippen LogP contribution in [0.4, 0.5) is 10.8 Å². The number of aromatic nitrogens is 1. The van der Waals surface area contributed by atoms with Gasteiger partial charge in [0.1, 0.15) is 11.5 Å². The molecule has 0 atom stereocenters. The van der Waals surface area contributed by atoms with Crippen LogP contribution in [0.2, 0.25) is 0 Å². The Morgan fingerprint density at radius 2 is 1.88 bits per heavy atom. The van der Waals surface area contributed by atoms with Crippen LogP contribution in [0.15, 0.2) is 33.9 Å². The molecule has 0 bridgehead atoms. The molecular formula is C10H9N3O2S. The van der Waals surface area contributed by atoms with Gasteiger partial charge in [0.2, 0.25) is 5.13 Å². The summed E-state index contributed by atoms with van der Waals surface area (Å²) >= 11 is 1.32. The van der Waals surface area contributed by atoms with Crippen LogP contribution in [0, 0.1) is 6.92 Å². The number of thiazole rings is 1. The molecule has 82 valence electrons. The third-order valence-electron chi connectivity index (χ3n) is 1.87. The SMILES string of the molecule is Cc1cc(O)c(N=Nc2nccs2)c(O)c1. The number of aryl methyl sites for hydroxylation is 1. The van der Waals surface area contributed by atoms with Crippen LogP contribution in [0.5, 0.6) is 11.5 Å². The van der Waals surface area contributed by atoms with Crippen LogP contribution in [-0.4, -0.2) is 15.2 Å². The fourth-order valence-electron chi connectivity index (χ4n) is 1.20. The van der Waals surface area contributed by atoms with Gasteiger partial charge >= 0.3 is 0 Å². The summed E-state index contributed by atoms with van der Waals surface area (Å²) in [7, 11) is 0. The summed E-state index contributed by atoms with van der Waals surface area (Å²) < 4.78 is 0. The maximum Gasteiger partial charge on any atom is 0.229 e. The molecule has 0 aliphatic rings.